The summed E-state index contributed by atoms with van der Waals surface area (Å²) in [6, 6.07) is 24.9. The summed E-state index contributed by atoms with van der Waals surface area (Å²) in [6.45, 7) is 0. The third-order valence-corrected chi connectivity index (χ3v) is 4.92. The number of hydrogen-bond donors (Lipinski definition) is 4. The normalized spacial score (nSPS) is 10.6. The summed E-state index contributed by atoms with van der Waals surface area (Å²) in [5.41, 5.74) is 10.7. The fourth-order valence-electron chi connectivity index (χ4n) is 3.56. The number of hydrogen-bond acceptors (Lipinski definition) is 4. The molecule has 2 amide bonds. The Labute approximate surface area is 172 Å². The Bertz CT molecular complexity index is 1260. The number of rotatable bonds is 4. The van der Waals surface area contributed by atoms with Crippen LogP contribution in [-0.4, -0.2) is 17.0 Å². The van der Waals surface area contributed by atoms with Crippen molar-refractivity contribution in [1.29, 1.82) is 0 Å². The van der Waals surface area contributed by atoms with Gasteiger partial charge in [0.05, 0.1) is 5.69 Å². The minimum atomic E-state index is -0.650. The van der Waals surface area contributed by atoms with Crippen LogP contribution in [0.25, 0.3) is 21.9 Å². The average Bonchev–Trinajstić information content (AvgIpc) is 2.78. The number of nitrogens with one attached hydrogen (secondary N) is 2. The number of carbonyl (C=O) groups is 2. The van der Waals surface area contributed by atoms with Crippen LogP contribution in [0, 0.1) is 0 Å². The molecule has 0 heterocycles. The van der Waals surface area contributed by atoms with Gasteiger partial charge in [-0.3, -0.25) is 14.8 Å². The van der Waals surface area contributed by atoms with Gasteiger partial charge in [0.2, 0.25) is 0 Å². The highest BCUT2D eigenvalue weighted by molar-refractivity contribution is 6.15. The van der Waals surface area contributed by atoms with Gasteiger partial charge in [0, 0.05) is 22.2 Å². The van der Waals surface area contributed by atoms with E-state index in [0.29, 0.717) is 28.1 Å². The van der Waals surface area contributed by atoms with Crippen LogP contribution in [0.5, 0.6) is 0 Å². The van der Waals surface area contributed by atoms with E-state index in [1.165, 1.54) is 0 Å². The third-order valence-electron chi connectivity index (χ3n) is 4.92. The molecule has 4 rings (SSSR count). The predicted octanol–water partition coefficient (Wildman–Crippen LogP) is 4.46. The van der Waals surface area contributed by atoms with Crippen LogP contribution in [0.15, 0.2) is 84.9 Å². The molecule has 0 saturated heterocycles. The Morgan fingerprint density at radius 1 is 0.700 bits per heavy atom. The van der Waals surface area contributed by atoms with Crippen molar-refractivity contribution >= 4 is 34.0 Å². The van der Waals surface area contributed by atoms with E-state index >= 15 is 0 Å². The van der Waals surface area contributed by atoms with Crippen molar-refractivity contribution in [3.8, 4) is 11.1 Å². The summed E-state index contributed by atoms with van der Waals surface area (Å²) >= 11 is 0. The van der Waals surface area contributed by atoms with Gasteiger partial charge < -0.3 is 11.1 Å². The molecular formula is C24H19N3O3. The molecule has 4 aromatic rings. The fraction of sp³-hybridized carbons (Fsp3) is 0. The van der Waals surface area contributed by atoms with Crippen molar-refractivity contribution in [2.75, 3.05) is 11.1 Å². The van der Waals surface area contributed by atoms with Gasteiger partial charge in [0.1, 0.15) is 0 Å². The molecule has 6 nitrogen and oxygen atoms in total. The van der Waals surface area contributed by atoms with Crippen LogP contribution in [-0.2, 0) is 0 Å². The first kappa shape index (κ1) is 19.2. The number of carbonyl (C=O) groups excluding carboxylic acids is 2. The first-order valence-electron chi connectivity index (χ1n) is 9.31. The Kier molecular flexibility index (Phi) is 5.15. The molecule has 0 aliphatic heterocycles. The smallest absolute Gasteiger partial charge is 0.275 e. The van der Waals surface area contributed by atoms with Crippen LogP contribution in [0.2, 0.25) is 0 Å². The molecule has 0 bridgehead atoms. The lowest BCUT2D eigenvalue weighted by molar-refractivity contribution is 0.0707. The highest BCUT2D eigenvalue weighted by atomic mass is 16.5. The molecule has 0 radical (unpaired) electrons. The van der Waals surface area contributed by atoms with Gasteiger partial charge in [0.25, 0.3) is 11.8 Å². The quantitative estimate of drug-likeness (QED) is 0.232. The number of nitrogens with two attached hydrogens (primary N) is 1. The summed E-state index contributed by atoms with van der Waals surface area (Å²) in [5.74, 6) is -0.983. The molecule has 148 valence electrons. The summed E-state index contributed by atoms with van der Waals surface area (Å²) in [5, 5.41) is 13.7. The molecule has 5 N–H and O–H groups in total. The van der Waals surface area contributed by atoms with E-state index in [1.54, 1.807) is 66.1 Å². The van der Waals surface area contributed by atoms with E-state index in [2.05, 4.69) is 5.32 Å². The number of amides is 2. The molecular weight excluding hydrogens is 378 g/mol. The number of hydroxylamine groups is 1. The second-order valence-electron chi connectivity index (χ2n) is 6.74. The van der Waals surface area contributed by atoms with Gasteiger partial charge >= 0.3 is 0 Å². The van der Waals surface area contributed by atoms with E-state index in [9.17, 15) is 9.59 Å². The van der Waals surface area contributed by atoms with Crippen molar-refractivity contribution in [3.05, 3.63) is 96.1 Å². The molecule has 0 aliphatic rings. The van der Waals surface area contributed by atoms with Crippen LogP contribution >= 0.6 is 0 Å². The van der Waals surface area contributed by atoms with Crippen LogP contribution < -0.4 is 16.5 Å². The Morgan fingerprint density at radius 3 is 1.90 bits per heavy atom. The zero-order valence-electron chi connectivity index (χ0n) is 15.9. The van der Waals surface area contributed by atoms with Crippen molar-refractivity contribution in [1.82, 2.24) is 5.48 Å². The second-order valence-corrected chi connectivity index (χ2v) is 6.74. The van der Waals surface area contributed by atoms with E-state index < -0.39 is 5.91 Å². The highest BCUT2D eigenvalue weighted by Gasteiger charge is 2.18. The van der Waals surface area contributed by atoms with Crippen LogP contribution in [0.1, 0.15) is 20.7 Å². The maximum absolute atomic E-state index is 13.2. The fourth-order valence-corrected chi connectivity index (χ4v) is 3.56. The lowest BCUT2D eigenvalue weighted by atomic mass is 9.94. The first-order valence-corrected chi connectivity index (χ1v) is 9.31. The van der Waals surface area contributed by atoms with Crippen molar-refractivity contribution in [3.63, 3.8) is 0 Å². The molecule has 30 heavy (non-hydrogen) atoms. The summed E-state index contributed by atoms with van der Waals surface area (Å²) in [6.07, 6.45) is 0. The number of fused-ring (bicyclic) bond motifs is 1. The monoisotopic (exact) mass is 397 g/mol. The minimum Gasteiger partial charge on any atom is -0.398 e. The lowest BCUT2D eigenvalue weighted by Gasteiger charge is -2.14. The molecule has 0 fully saturated rings. The van der Waals surface area contributed by atoms with Crippen molar-refractivity contribution < 1.29 is 14.8 Å². The average molecular weight is 397 g/mol. The predicted molar refractivity (Wildman–Crippen MR) is 117 cm³/mol. The largest absolute Gasteiger partial charge is 0.398 e. The van der Waals surface area contributed by atoms with Crippen molar-refractivity contribution in [2.24, 2.45) is 0 Å². The first-order chi connectivity index (χ1) is 14.6. The maximum atomic E-state index is 13.2. The van der Waals surface area contributed by atoms with Gasteiger partial charge in [-0.1, -0.05) is 60.7 Å². The molecule has 6 heteroatoms. The highest BCUT2D eigenvalue weighted by Crippen LogP contribution is 2.31. The van der Waals surface area contributed by atoms with Gasteiger partial charge in [-0.15, -0.1) is 0 Å². The Morgan fingerprint density at radius 2 is 1.27 bits per heavy atom. The van der Waals surface area contributed by atoms with E-state index in [-0.39, 0.29) is 11.5 Å². The van der Waals surface area contributed by atoms with Gasteiger partial charge in [-0.2, -0.15) is 0 Å². The van der Waals surface area contributed by atoms with Crippen LogP contribution in [0.3, 0.4) is 0 Å². The SMILES string of the molecule is Nc1cccc2cccc(NC(=O)c3ccccc3-c3ccccc3C(=O)NO)c12. The molecule has 0 aliphatic carbocycles. The molecule has 0 saturated carbocycles. The molecule has 0 spiro atoms. The zero-order valence-corrected chi connectivity index (χ0v) is 15.9. The minimum absolute atomic E-state index is 0.259. The number of nitrogen functional groups attached to an aromatic ring is 1. The van der Waals surface area contributed by atoms with Gasteiger partial charge in [0.15, 0.2) is 0 Å². The van der Waals surface area contributed by atoms with E-state index in [0.717, 1.165) is 10.8 Å². The Hall–Kier alpha value is -4.16. The molecule has 0 atom stereocenters. The topological polar surface area (TPSA) is 104 Å². The molecule has 0 aromatic heterocycles. The van der Waals surface area contributed by atoms with Gasteiger partial charge in [-0.25, -0.2) is 5.48 Å². The van der Waals surface area contributed by atoms with E-state index in [4.69, 9.17) is 10.9 Å². The van der Waals surface area contributed by atoms with Crippen LogP contribution in [0.4, 0.5) is 11.4 Å². The van der Waals surface area contributed by atoms with E-state index in [1.807, 2.05) is 24.3 Å². The standard InChI is InChI=1S/C24H19N3O3/c25-20-13-5-7-15-8-6-14-21(22(15)20)26-23(28)18-11-3-1-9-16(18)17-10-2-4-12-19(17)24(29)27-30/h1-14,30H,25H2,(H,26,28)(H,27,29). The second kappa shape index (κ2) is 8.06. The number of benzene rings is 4. The summed E-state index contributed by atoms with van der Waals surface area (Å²) in [7, 11) is 0. The number of anilines is 2. The molecule has 4 aromatic carbocycles. The summed E-state index contributed by atoms with van der Waals surface area (Å²) in [4.78, 5) is 25.3. The lowest BCUT2D eigenvalue weighted by Crippen LogP contribution is -2.20. The third kappa shape index (κ3) is 3.47. The Balaban J connectivity index is 1.78. The maximum Gasteiger partial charge on any atom is 0.275 e. The zero-order chi connectivity index (χ0) is 21.1. The van der Waals surface area contributed by atoms with Crippen molar-refractivity contribution in [2.45, 2.75) is 0 Å². The summed E-state index contributed by atoms with van der Waals surface area (Å²) < 4.78 is 0. The molecule has 0 unspecified atom stereocenters. The van der Waals surface area contributed by atoms with Gasteiger partial charge in [-0.05, 0) is 40.8 Å².